The molecular formula is NaNbO8P2. The smallest absolute Gasteiger partial charge is 0.822 e. The fourth-order valence-electron chi connectivity index (χ4n) is 0. The van der Waals surface area contributed by atoms with Crippen molar-refractivity contribution in [3.05, 3.63) is 0 Å². The molecular weight excluding hydrogens is 306 g/mol. The van der Waals surface area contributed by atoms with Crippen LogP contribution in [-0.2, 0) is 31.5 Å². The van der Waals surface area contributed by atoms with Crippen LogP contribution < -0.4 is 58.9 Å². The van der Waals surface area contributed by atoms with E-state index in [1.807, 2.05) is 0 Å². The van der Waals surface area contributed by atoms with Crippen molar-refractivity contribution >= 4 is 15.6 Å². The van der Waals surface area contributed by atoms with Crippen LogP contribution in [0.15, 0.2) is 0 Å². The van der Waals surface area contributed by atoms with Crippen molar-refractivity contribution in [2.24, 2.45) is 0 Å². The van der Waals surface area contributed by atoms with Crippen molar-refractivity contribution < 1.29 is 90.4 Å². The van der Waals surface area contributed by atoms with Gasteiger partial charge in [-0.15, -0.1) is 0 Å². The molecule has 0 radical (unpaired) electrons. The molecule has 0 unspecified atom stereocenters. The molecule has 0 aliphatic carbocycles. The zero-order valence-electron chi connectivity index (χ0n) is 5.61. The maximum absolute atomic E-state index is 8.55. The minimum Gasteiger partial charge on any atom is -0.822 e. The van der Waals surface area contributed by atoms with Crippen molar-refractivity contribution in [3.8, 4) is 0 Å². The molecule has 0 heterocycles. The van der Waals surface area contributed by atoms with E-state index in [1.54, 1.807) is 0 Å². The topological polar surface area (TPSA) is 172 Å². The fraction of sp³-hybridized carbons (Fsp3) is 0. The predicted octanol–water partition coefficient (Wildman–Crippen LogP) is -8.65. The molecule has 0 aliphatic rings. The third-order valence-corrected chi connectivity index (χ3v) is 0. The Morgan fingerprint density at radius 2 is 0.667 bits per heavy atom. The Morgan fingerprint density at radius 3 is 0.667 bits per heavy atom. The quantitative estimate of drug-likeness (QED) is 0.313. The molecule has 0 aliphatic heterocycles. The maximum Gasteiger partial charge on any atom is 5.00 e. The molecule has 64 valence electrons. The molecule has 0 aromatic heterocycles. The van der Waals surface area contributed by atoms with Crippen LogP contribution in [0.5, 0.6) is 0 Å². The van der Waals surface area contributed by atoms with Gasteiger partial charge in [0.15, 0.2) is 0 Å². The summed E-state index contributed by atoms with van der Waals surface area (Å²) in [5.74, 6) is 0. The molecule has 0 amide bonds. The summed E-state index contributed by atoms with van der Waals surface area (Å²) in [4.78, 5) is 51.3. The van der Waals surface area contributed by atoms with Crippen molar-refractivity contribution in [2.75, 3.05) is 0 Å². The summed E-state index contributed by atoms with van der Waals surface area (Å²) in [5, 5.41) is 0. The van der Waals surface area contributed by atoms with Crippen molar-refractivity contribution in [3.63, 3.8) is 0 Å². The second-order valence-corrected chi connectivity index (χ2v) is 2.68. The van der Waals surface area contributed by atoms with Crippen molar-refractivity contribution in [1.29, 1.82) is 0 Å². The predicted molar refractivity (Wildman–Crippen MR) is 15.2 cm³/mol. The molecule has 0 spiro atoms. The first-order chi connectivity index (χ1) is 4.00. The molecule has 0 rings (SSSR count). The van der Waals surface area contributed by atoms with E-state index in [-0.39, 0.29) is 51.9 Å². The zero-order chi connectivity index (χ0) is 9.00. The van der Waals surface area contributed by atoms with Crippen LogP contribution in [0.2, 0.25) is 0 Å². The van der Waals surface area contributed by atoms with Gasteiger partial charge in [-0.2, -0.15) is 15.6 Å². The molecule has 0 aromatic rings. The average Bonchev–Trinajstić information content (AvgIpc) is 1.12. The molecule has 12 heavy (non-hydrogen) atoms. The van der Waals surface area contributed by atoms with Crippen LogP contribution in [-0.4, -0.2) is 0 Å². The summed E-state index contributed by atoms with van der Waals surface area (Å²) in [6, 6.07) is 0. The maximum atomic E-state index is 8.55. The molecule has 0 saturated carbocycles. The summed E-state index contributed by atoms with van der Waals surface area (Å²) in [6.07, 6.45) is 0. The van der Waals surface area contributed by atoms with Gasteiger partial charge in [0, 0.05) is 0 Å². The molecule has 8 nitrogen and oxygen atoms in total. The van der Waals surface area contributed by atoms with E-state index in [1.165, 1.54) is 0 Å². The van der Waals surface area contributed by atoms with Gasteiger partial charge in [-0.05, 0) is 0 Å². The van der Waals surface area contributed by atoms with E-state index in [4.69, 9.17) is 38.5 Å². The minimum atomic E-state index is -5.39. The van der Waals surface area contributed by atoms with E-state index in [0.29, 0.717) is 0 Å². The number of phosphoric acid groups is 2. The normalized spacial score (nSPS) is 9.83. The molecule has 0 atom stereocenters. The van der Waals surface area contributed by atoms with Gasteiger partial charge in [0.25, 0.3) is 0 Å². The third kappa shape index (κ3) is 374. The number of hydrogen-bond donors (Lipinski definition) is 0. The first-order valence-corrected chi connectivity index (χ1v) is 4.38. The second-order valence-electron chi connectivity index (χ2n) is 0.894. The van der Waals surface area contributed by atoms with Gasteiger partial charge in [-0.25, -0.2) is 0 Å². The number of hydrogen-bond acceptors (Lipinski definition) is 8. The van der Waals surface area contributed by atoms with Gasteiger partial charge in [0.1, 0.15) is 0 Å². The molecule has 0 aromatic carbocycles. The monoisotopic (exact) mass is 306 g/mol. The van der Waals surface area contributed by atoms with Gasteiger partial charge < -0.3 is 38.5 Å². The Kier molecular flexibility index (Phi) is 18.7. The summed E-state index contributed by atoms with van der Waals surface area (Å²) in [7, 11) is -10.8. The molecule has 12 heteroatoms. The molecule has 0 bridgehead atoms. The van der Waals surface area contributed by atoms with Crippen LogP contribution in [0.1, 0.15) is 0 Å². The van der Waals surface area contributed by atoms with Crippen molar-refractivity contribution in [2.45, 2.75) is 0 Å². The summed E-state index contributed by atoms with van der Waals surface area (Å²) < 4.78 is 17.1. The van der Waals surface area contributed by atoms with E-state index >= 15 is 0 Å². The first-order valence-electron chi connectivity index (χ1n) is 1.46. The van der Waals surface area contributed by atoms with Gasteiger partial charge in [0.05, 0.1) is 0 Å². The molecule has 0 N–H and O–H groups in total. The van der Waals surface area contributed by atoms with Crippen LogP contribution >= 0.6 is 15.6 Å². The summed E-state index contributed by atoms with van der Waals surface area (Å²) in [5.41, 5.74) is 0. The Morgan fingerprint density at radius 1 is 0.667 bits per heavy atom. The minimum absolute atomic E-state index is 0. The molecule has 0 saturated heterocycles. The Labute approximate surface area is 105 Å². The Bertz CT molecular complexity index is 129. The van der Waals surface area contributed by atoms with Gasteiger partial charge in [-0.1, -0.05) is 0 Å². The number of rotatable bonds is 0. The van der Waals surface area contributed by atoms with Gasteiger partial charge in [-0.3, -0.25) is 0 Å². The summed E-state index contributed by atoms with van der Waals surface area (Å²) in [6.45, 7) is 0. The SMILES string of the molecule is O=P([O-])([O-])[O-].O=P([O-])([O-])[O-].[Na+].[Nb+5]. The Balaban J connectivity index is -0.0000000457. The second kappa shape index (κ2) is 9.51. The fourth-order valence-corrected chi connectivity index (χ4v) is 0. The average molecular weight is 306 g/mol. The van der Waals surface area contributed by atoms with Crippen molar-refractivity contribution in [1.82, 2.24) is 0 Å². The van der Waals surface area contributed by atoms with Crippen LogP contribution in [0.4, 0.5) is 0 Å². The first kappa shape index (κ1) is 23.6. The van der Waals surface area contributed by atoms with E-state index in [0.717, 1.165) is 0 Å². The third-order valence-electron chi connectivity index (χ3n) is 0. The van der Waals surface area contributed by atoms with E-state index in [9.17, 15) is 0 Å². The zero-order valence-corrected chi connectivity index (χ0v) is 11.6. The molecule has 0 fully saturated rings. The van der Waals surface area contributed by atoms with Gasteiger partial charge >= 0.3 is 51.9 Å². The van der Waals surface area contributed by atoms with E-state index in [2.05, 4.69) is 0 Å². The standard InChI is InChI=1S/Na.Nb.2H3O4P/c;;2*1-5(2,3)4/h;;2*(H3,1,2,3,4)/q+1;+5;;/p-6. The van der Waals surface area contributed by atoms with E-state index < -0.39 is 15.6 Å². The van der Waals surface area contributed by atoms with Crippen LogP contribution in [0.3, 0.4) is 0 Å². The summed E-state index contributed by atoms with van der Waals surface area (Å²) >= 11 is 0. The van der Waals surface area contributed by atoms with Crippen LogP contribution in [0.25, 0.3) is 0 Å². The van der Waals surface area contributed by atoms with Crippen LogP contribution in [0, 0.1) is 0 Å². The largest absolute Gasteiger partial charge is 5.00 e. The van der Waals surface area contributed by atoms with Gasteiger partial charge in [0.2, 0.25) is 0 Å². The Hall–Kier alpha value is 1.96.